The van der Waals surface area contributed by atoms with Crippen LogP contribution in [0.15, 0.2) is 76.6 Å². The zero-order valence-electron chi connectivity index (χ0n) is 20.0. The number of hydrogen-bond donors (Lipinski definition) is 1. The van der Waals surface area contributed by atoms with Gasteiger partial charge in [0.2, 0.25) is 0 Å². The van der Waals surface area contributed by atoms with Crippen LogP contribution in [0.1, 0.15) is 11.1 Å². The molecule has 0 atom stereocenters. The van der Waals surface area contributed by atoms with Crippen molar-refractivity contribution < 1.29 is 28.9 Å². The van der Waals surface area contributed by atoms with Gasteiger partial charge in [0.25, 0.3) is 5.91 Å². The maximum absolute atomic E-state index is 13.5. The van der Waals surface area contributed by atoms with Crippen LogP contribution in [0.4, 0.5) is 5.69 Å². The molecule has 0 aromatic heterocycles. The van der Waals surface area contributed by atoms with E-state index >= 15 is 0 Å². The van der Waals surface area contributed by atoms with Crippen LogP contribution < -0.4 is 14.2 Å². The van der Waals surface area contributed by atoms with Gasteiger partial charge >= 0.3 is 5.97 Å². The fraction of sp³-hybridized carbons (Fsp3) is 0.148. The van der Waals surface area contributed by atoms with Crippen molar-refractivity contribution in [3.8, 4) is 17.2 Å². The number of carboxylic acids is 1. The second-order valence-corrected chi connectivity index (χ2v) is 9.97. The van der Waals surface area contributed by atoms with E-state index < -0.39 is 12.6 Å². The van der Waals surface area contributed by atoms with E-state index in [0.717, 1.165) is 17.0 Å². The molecule has 0 radical (unpaired) electrons. The normalized spacial score (nSPS) is 15.3. The zero-order valence-corrected chi connectivity index (χ0v) is 23.0. The van der Waals surface area contributed by atoms with Gasteiger partial charge in [0.05, 0.1) is 34.9 Å². The summed E-state index contributed by atoms with van der Waals surface area (Å²) in [5.41, 5.74) is 2.40. The Morgan fingerprint density at radius 3 is 2.46 bits per heavy atom. The number of amides is 1. The van der Waals surface area contributed by atoms with Crippen molar-refractivity contribution in [3.05, 3.63) is 86.3 Å². The molecule has 1 heterocycles. The van der Waals surface area contributed by atoms with Gasteiger partial charge in [-0.1, -0.05) is 30.3 Å². The number of benzene rings is 3. The molecule has 0 aliphatic carbocycles. The minimum atomic E-state index is -1.08. The number of hydrogen-bond acceptors (Lipinski definition) is 7. The lowest BCUT2D eigenvalue weighted by Gasteiger charge is -2.16. The highest BCUT2D eigenvalue weighted by molar-refractivity contribution is 14.1. The third-order valence-corrected chi connectivity index (χ3v) is 7.07. The first-order valence-electron chi connectivity index (χ1n) is 11.1. The largest absolute Gasteiger partial charge is 0.497 e. The molecule has 1 fully saturated rings. The van der Waals surface area contributed by atoms with Crippen molar-refractivity contribution in [1.82, 2.24) is 4.90 Å². The van der Waals surface area contributed by atoms with E-state index in [1.54, 1.807) is 30.2 Å². The van der Waals surface area contributed by atoms with E-state index in [4.69, 9.17) is 24.3 Å². The Morgan fingerprint density at radius 2 is 1.81 bits per heavy atom. The van der Waals surface area contributed by atoms with Crippen molar-refractivity contribution in [3.63, 3.8) is 0 Å². The van der Waals surface area contributed by atoms with Crippen LogP contribution in [0.2, 0.25) is 0 Å². The first kappa shape index (κ1) is 26.6. The first-order chi connectivity index (χ1) is 17.9. The lowest BCUT2D eigenvalue weighted by Crippen LogP contribution is -2.28. The number of ether oxygens (including phenoxy) is 3. The van der Waals surface area contributed by atoms with Gasteiger partial charge in [0, 0.05) is 0 Å². The van der Waals surface area contributed by atoms with Crippen LogP contribution >= 0.6 is 34.4 Å². The Morgan fingerprint density at radius 1 is 1.08 bits per heavy atom. The number of carboxylic acid groups (broad SMARTS) is 1. The number of aliphatic carboxylic acids is 1. The van der Waals surface area contributed by atoms with Gasteiger partial charge in [-0.05, 0) is 88.0 Å². The molecule has 0 unspecified atom stereocenters. The number of para-hydroxylation sites is 1. The predicted molar refractivity (Wildman–Crippen MR) is 151 cm³/mol. The number of rotatable bonds is 9. The fourth-order valence-corrected chi connectivity index (χ4v) is 5.28. The molecular formula is C27H23IN2O6S. The predicted octanol–water partition coefficient (Wildman–Crippen LogP) is 5.58. The molecule has 3 aromatic rings. The Balaban J connectivity index is 1.67. The summed E-state index contributed by atoms with van der Waals surface area (Å²) in [5, 5.41) is 9.52. The van der Waals surface area contributed by atoms with E-state index in [0.29, 0.717) is 37.3 Å². The Kier molecular flexibility index (Phi) is 8.72. The molecule has 10 heteroatoms. The van der Waals surface area contributed by atoms with Crippen LogP contribution in [0.25, 0.3) is 6.08 Å². The second kappa shape index (κ2) is 12.2. The van der Waals surface area contributed by atoms with Gasteiger partial charge in [-0.2, -0.15) is 0 Å². The van der Waals surface area contributed by atoms with Gasteiger partial charge in [-0.15, -0.1) is 0 Å². The minimum absolute atomic E-state index is 0.171. The molecule has 1 N–H and O–H groups in total. The smallest absolute Gasteiger partial charge is 0.341 e. The number of halogens is 1. The average Bonchev–Trinajstić information content (AvgIpc) is 3.17. The van der Waals surface area contributed by atoms with Crippen LogP contribution in [-0.2, 0) is 16.1 Å². The summed E-state index contributed by atoms with van der Waals surface area (Å²) < 4.78 is 16.7. The van der Waals surface area contributed by atoms with Gasteiger partial charge in [-0.25, -0.2) is 9.79 Å². The molecule has 1 saturated heterocycles. The molecule has 0 spiro atoms. The Hall–Kier alpha value is -3.51. The maximum atomic E-state index is 13.5. The topological polar surface area (TPSA) is 97.7 Å². The van der Waals surface area contributed by atoms with Gasteiger partial charge in [-0.3, -0.25) is 9.69 Å². The molecule has 3 aromatic carbocycles. The van der Waals surface area contributed by atoms with Crippen molar-refractivity contribution in [2.75, 3.05) is 20.8 Å². The van der Waals surface area contributed by atoms with Gasteiger partial charge in [0.15, 0.2) is 23.3 Å². The third kappa shape index (κ3) is 6.63. The van der Waals surface area contributed by atoms with Crippen molar-refractivity contribution in [1.29, 1.82) is 0 Å². The molecular weight excluding hydrogens is 607 g/mol. The fourth-order valence-electron chi connectivity index (χ4n) is 3.51. The highest BCUT2D eigenvalue weighted by Gasteiger charge is 2.33. The summed E-state index contributed by atoms with van der Waals surface area (Å²) >= 11 is 3.35. The highest BCUT2D eigenvalue weighted by Crippen LogP contribution is 2.38. The summed E-state index contributed by atoms with van der Waals surface area (Å²) in [6, 6.07) is 20.5. The molecule has 4 rings (SSSR count). The van der Waals surface area contributed by atoms with Gasteiger partial charge < -0.3 is 19.3 Å². The van der Waals surface area contributed by atoms with Crippen molar-refractivity contribution in [2.45, 2.75) is 6.54 Å². The lowest BCUT2D eigenvalue weighted by atomic mass is 10.1. The van der Waals surface area contributed by atoms with E-state index in [2.05, 4.69) is 22.6 Å². The standard InChI is InChI=1S/C27H23IN2O6S/c1-34-20-10-8-17(9-11-20)15-30-26(33)23(37-27(30)29-19-6-4-3-5-7-19)14-18-12-21(28)25(22(13-18)35-2)36-16-24(31)32/h3-14H,15-16H2,1-2H3,(H,31,32)/b23-14-,29-27?. The lowest BCUT2D eigenvalue weighted by molar-refractivity contribution is -0.139. The summed E-state index contributed by atoms with van der Waals surface area (Å²) in [6.07, 6.45) is 1.77. The molecule has 0 saturated carbocycles. The summed E-state index contributed by atoms with van der Waals surface area (Å²) in [6.45, 7) is -0.136. The highest BCUT2D eigenvalue weighted by atomic mass is 127. The van der Waals surface area contributed by atoms with E-state index in [1.807, 2.05) is 54.6 Å². The minimum Gasteiger partial charge on any atom is -0.497 e. The molecule has 190 valence electrons. The van der Waals surface area contributed by atoms with Crippen LogP contribution in [0.5, 0.6) is 17.2 Å². The van der Waals surface area contributed by atoms with Crippen LogP contribution in [0, 0.1) is 3.57 Å². The SMILES string of the molecule is COc1ccc(CN2C(=O)/C(=C/c3cc(I)c(OCC(=O)O)c(OC)c3)SC2=Nc2ccccc2)cc1. The van der Waals surface area contributed by atoms with Crippen molar-refractivity contribution in [2.24, 2.45) is 4.99 Å². The van der Waals surface area contributed by atoms with E-state index in [9.17, 15) is 9.59 Å². The molecule has 37 heavy (non-hydrogen) atoms. The number of carbonyl (C=O) groups excluding carboxylic acids is 1. The maximum Gasteiger partial charge on any atom is 0.341 e. The monoisotopic (exact) mass is 630 g/mol. The molecule has 1 aliphatic heterocycles. The van der Waals surface area contributed by atoms with Crippen LogP contribution in [-0.4, -0.2) is 47.9 Å². The first-order valence-corrected chi connectivity index (χ1v) is 13.0. The Labute approximate surface area is 232 Å². The molecule has 0 bridgehead atoms. The summed E-state index contributed by atoms with van der Waals surface area (Å²) in [5.74, 6) is 0.202. The molecule has 1 amide bonds. The molecule has 1 aliphatic rings. The van der Waals surface area contributed by atoms with E-state index in [-0.39, 0.29) is 5.91 Å². The summed E-state index contributed by atoms with van der Waals surface area (Å²) in [7, 11) is 3.09. The Bertz CT molecular complexity index is 1360. The number of amidine groups is 1. The number of carbonyl (C=O) groups is 2. The number of nitrogens with zero attached hydrogens (tertiary/aromatic N) is 2. The number of methoxy groups -OCH3 is 2. The second-order valence-electron chi connectivity index (χ2n) is 7.80. The quantitative estimate of drug-likeness (QED) is 0.244. The third-order valence-electron chi connectivity index (χ3n) is 5.26. The molecule has 8 nitrogen and oxygen atoms in total. The van der Waals surface area contributed by atoms with Crippen molar-refractivity contribution >= 4 is 63.2 Å². The zero-order chi connectivity index (χ0) is 26.4. The van der Waals surface area contributed by atoms with E-state index in [1.165, 1.54) is 18.9 Å². The summed E-state index contributed by atoms with van der Waals surface area (Å²) in [4.78, 5) is 31.3. The average molecular weight is 630 g/mol. The van der Waals surface area contributed by atoms with Gasteiger partial charge in [0.1, 0.15) is 5.75 Å². The number of aliphatic imine (C=N–C) groups is 1. The number of thioether (sulfide) groups is 1. The van der Waals surface area contributed by atoms with Crippen LogP contribution in [0.3, 0.4) is 0 Å².